The number of ether oxygens (including phenoxy) is 1. The molecule has 0 aromatic heterocycles. The SMILES string of the molecule is C[C@@H](O)CNC(=O)COc1ccc(C#N)cc1. The molecule has 0 saturated carbocycles. The van der Waals surface area contributed by atoms with Gasteiger partial charge in [0.2, 0.25) is 0 Å². The van der Waals surface area contributed by atoms with E-state index in [1.165, 1.54) is 0 Å². The largest absolute Gasteiger partial charge is 0.484 e. The van der Waals surface area contributed by atoms with Gasteiger partial charge in [-0.25, -0.2) is 0 Å². The number of carbonyl (C=O) groups excluding carboxylic acids is 1. The van der Waals surface area contributed by atoms with Gasteiger partial charge in [-0.1, -0.05) is 0 Å². The van der Waals surface area contributed by atoms with Crippen LogP contribution in [0.15, 0.2) is 24.3 Å². The summed E-state index contributed by atoms with van der Waals surface area (Å²) in [7, 11) is 0. The number of aliphatic hydroxyl groups excluding tert-OH is 1. The van der Waals surface area contributed by atoms with E-state index in [0.29, 0.717) is 11.3 Å². The molecule has 0 aliphatic rings. The van der Waals surface area contributed by atoms with Crippen LogP contribution in [-0.4, -0.2) is 30.3 Å². The van der Waals surface area contributed by atoms with E-state index in [0.717, 1.165) is 0 Å². The van der Waals surface area contributed by atoms with Gasteiger partial charge in [-0.05, 0) is 31.2 Å². The van der Waals surface area contributed by atoms with Crippen LogP contribution in [0.4, 0.5) is 0 Å². The number of benzene rings is 1. The lowest BCUT2D eigenvalue weighted by atomic mass is 10.2. The number of nitrogens with zero attached hydrogens (tertiary/aromatic N) is 1. The Morgan fingerprint density at radius 3 is 2.71 bits per heavy atom. The molecular weight excluding hydrogens is 220 g/mol. The number of rotatable bonds is 5. The number of amides is 1. The summed E-state index contributed by atoms with van der Waals surface area (Å²) < 4.78 is 5.20. The second kappa shape index (κ2) is 6.51. The lowest BCUT2D eigenvalue weighted by Crippen LogP contribution is -2.34. The zero-order valence-corrected chi connectivity index (χ0v) is 9.51. The minimum Gasteiger partial charge on any atom is -0.484 e. The topological polar surface area (TPSA) is 82.3 Å². The van der Waals surface area contributed by atoms with E-state index < -0.39 is 6.10 Å². The van der Waals surface area contributed by atoms with Gasteiger partial charge in [-0.15, -0.1) is 0 Å². The van der Waals surface area contributed by atoms with Gasteiger partial charge in [0.15, 0.2) is 6.61 Å². The predicted molar refractivity (Wildman–Crippen MR) is 61.3 cm³/mol. The van der Waals surface area contributed by atoms with Gasteiger partial charge in [0.25, 0.3) is 5.91 Å². The van der Waals surface area contributed by atoms with Crippen LogP contribution in [0.25, 0.3) is 0 Å². The Bertz CT molecular complexity index is 407. The van der Waals surface area contributed by atoms with Crippen LogP contribution in [-0.2, 0) is 4.79 Å². The summed E-state index contributed by atoms with van der Waals surface area (Å²) in [5, 5.41) is 20.1. The van der Waals surface area contributed by atoms with Crippen molar-refractivity contribution in [3.63, 3.8) is 0 Å². The Kier molecular flexibility index (Phi) is 4.98. The third-order valence-corrected chi connectivity index (χ3v) is 1.95. The molecular formula is C12H14N2O3. The van der Waals surface area contributed by atoms with Gasteiger partial charge in [-0.2, -0.15) is 5.26 Å². The standard InChI is InChI=1S/C12H14N2O3/c1-9(15)7-14-12(16)8-17-11-4-2-10(6-13)3-5-11/h2-5,9,15H,7-8H2,1H3,(H,14,16)/t9-/m1/s1. The molecule has 1 aromatic carbocycles. The van der Waals surface area contributed by atoms with Gasteiger partial charge >= 0.3 is 0 Å². The quantitative estimate of drug-likeness (QED) is 0.774. The molecule has 0 saturated heterocycles. The first-order valence-corrected chi connectivity index (χ1v) is 5.19. The minimum absolute atomic E-state index is 0.112. The average Bonchev–Trinajstić information content (AvgIpc) is 2.34. The lowest BCUT2D eigenvalue weighted by molar-refractivity contribution is -0.123. The first-order chi connectivity index (χ1) is 8.11. The number of carbonyl (C=O) groups is 1. The van der Waals surface area contributed by atoms with Gasteiger partial charge < -0.3 is 15.2 Å². The minimum atomic E-state index is -0.575. The summed E-state index contributed by atoms with van der Waals surface area (Å²) in [5.74, 6) is 0.228. The molecule has 0 aliphatic heterocycles. The van der Waals surface area contributed by atoms with Crippen LogP contribution in [0.5, 0.6) is 5.75 Å². The first kappa shape index (κ1) is 13.0. The predicted octanol–water partition coefficient (Wildman–Crippen LogP) is 0.434. The average molecular weight is 234 g/mol. The summed E-state index contributed by atoms with van der Waals surface area (Å²) >= 11 is 0. The molecule has 0 aliphatic carbocycles. The molecule has 0 spiro atoms. The molecule has 0 bridgehead atoms. The van der Waals surface area contributed by atoms with Crippen LogP contribution in [0.2, 0.25) is 0 Å². The van der Waals surface area contributed by atoms with Crippen LogP contribution in [0.1, 0.15) is 12.5 Å². The van der Waals surface area contributed by atoms with Crippen molar-refractivity contribution in [1.29, 1.82) is 5.26 Å². The van der Waals surface area contributed by atoms with Crippen LogP contribution in [0.3, 0.4) is 0 Å². The summed E-state index contributed by atoms with van der Waals surface area (Å²) in [5.41, 5.74) is 0.538. The fourth-order valence-corrected chi connectivity index (χ4v) is 1.09. The summed E-state index contributed by atoms with van der Waals surface area (Å²) in [6.07, 6.45) is -0.575. The van der Waals surface area contributed by atoms with Crippen LogP contribution < -0.4 is 10.1 Å². The van der Waals surface area contributed by atoms with Crippen LogP contribution >= 0.6 is 0 Å². The smallest absolute Gasteiger partial charge is 0.258 e. The summed E-state index contributed by atoms with van der Waals surface area (Å²) in [4.78, 5) is 11.2. The third kappa shape index (κ3) is 5.00. The number of hydrogen-bond acceptors (Lipinski definition) is 4. The van der Waals surface area contributed by atoms with E-state index in [-0.39, 0.29) is 19.1 Å². The molecule has 1 atom stereocenters. The maximum Gasteiger partial charge on any atom is 0.258 e. The van der Waals surface area contributed by atoms with Crippen molar-refractivity contribution in [2.24, 2.45) is 0 Å². The highest BCUT2D eigenvalue weighted by Gasteiger charge is 2.03. The highest BCUT2D eigenvalue weighted by atomic mass is 16.5. The van der Waals surface area contributed by atoms with Crippen LogP contribution in [0, 0.1) is 11.3 Å². The Balaban J connectivity index is 2.35. The first-order valence-electron chi connectivity index (χ1n) is 5.19. The summed E-state index contributed by atoms with van der Waals surface area (Å²) in [6, 6.07) is 8.47. The van der Waals surface area contributed by atoms with E-state index in [4.69, 9.17) is 15.1 Å². The third-order valence-electron chi connectivity index (χ3n) is 1.95. The maximum atomic E-state index is 11.2. The van der Waals surface area contributed by atoms with Gasteiger partial charge in [0, 0.05) is 6.54 Å². The molecule has 1 amide bonds. The van der Waals surface area contributed by atoms with E-state index in [1.807, 2.05) is 6.07 Å². The fraction of sp³-hybridized carbons (Fsp3) is 0.333. The molecule has 5 heteroatoms. The van der Waals surface area contributed by atoms with E-state index in [2.05, 4.69) is 5.32 Å². The van der Waals surface area contributed by atoms with E-state index >= 15 is 0 Å². The molecule has 1 aromatic rings. The lowest BCUT2D eigenvalue weighted by Gasteiger charge is -2.08. The maximum absolute atomic E-state index is 11.2. The monoisotopic (exact) mass is 234 g/mol. The van der Waals surface area contributed by atoms with E-state index in [1.54, 1.807) is 31.2 Å². The second-order valence-corrected chi connectivity index (χ2v) is 3.58. The van der Waals surface area contributed by atoms with Crippen molar-refractivity contribution in [1.82, 2.24) is 5.32 Å². The Labute approximate surface area is 99.6 Å². The van der Waals surface area contributed by atoms with Crippen molar-refractivity contribution in [3.8, 4) is 11.8 Å². The molecule has 0 radical (unpaired) electrons. The number of hydrogen-bond donors (Lipinski definition) is 2. The molecule has 0 fully saturated rings. The van der Waals surface area contributed by atoms with Crippen molar-refractivity contribution < 1.29 is 14.6 Å². The second-order valence-electron chi connectivity index (χ2n) is 3.58. The fourth-order valence-electron chi connectivity index (χ4n) is 1.09. The van der Waals surface area contributed by atoms with Crippen molar-refractivity contribution >= 4 is 5.91 Å². The van der Waals surface area contributed by atoms with E-state index in [9.17, 15) is 4.79 Å². The van der Waals surface area contributed by atoms with Gasteiger partial charge in [-0.3, -0.25) is 4.79 Å². The Morgan fingerprint density at radius 2 is 2.18 bits per heavy atom. The number of aliphatic hydroxyl groups is 1. The highest BCUT2D eigenvalue weighted by molar-refractivity contribution is 5.77. The zero-order chi connectivity index (χ0) is 12.7. The van der Waals surface area contributed by atoms with Crippen molar-refractivity contribution in [3.05, 3.63) is 29.8 Å². The molecule has 90 valence electrons. The Morgan fingerprint density at radius 1 is 1.53 bits per heavy atom. The highest BCUT2D eigenvalue weighted by Crippen LogP contribution is 2.10. The van der Waals surface area contributed by atoms with Gasteiger partial charge in [0.05, 0.1) is 17.7 Å². The normalized spacial score (nSPS) is 11.4. The molecule has 2 N–H and O–H groups in total. The molecule has 0 heterocycles. The zero-order valence-electron chi connectivity index (χ0n) is 9.51. The molecule has 5 nitrogen and oxygen atoms in total. The molecule has 17 heavy (non-hydrogen) atoms. The Hall–Kier alpha value is -2.06. The van der Waals surface area contributed by atoms with Gasteiger partial charge in [0.1, 0.15) is 5.75 Å². The van der Waals surface area contributed by atoms with Crippen molar-refractivity contribution in [2.75, 3.05) is 13.2 Å². The molecule has 0 unspecified atom stereocenters. The summed E-state index contributed by atoms with van der Waals surface area (Å²) in [6.45, 7) is 1.68. The van der Waals surface area contributed by atoms with Crippen molar-refractivity contribution in [2.45, 2.75) is 13.0 Å². The number of nitriles is 1. The molecule has 1 rings (SSSR count). The number of nitrogens with one attached hydrogen (secondary N) is 1.